The van der Waals surface area contributed by atoms with E-state index in [1.807, 2.05) is 14.1 Å². The number of carbonyl (C=O) groups excluding carboxylic acids is 1. The van der Waals surface area contributed by atoms with E-state index in [1.54, 1.807) is 4.90 Å². The molecule has 2 aliphatic heterocycles. The van der Waals surface area contributed by atoms with Gasteiger partial charge < -0.3 is 14.3 Å². The van der Waals surface area contributed by atoms with Crippen molar-refractivity contribution in [2.45, 2.75) is 38.3 Å². The highest BCUT2D eigenvalue weighted by Crippen LogP contribution is 2.46. The van der Waals surface area contributed by atoms with E-state index in [2.05, 4.69) is 51.1 Å². The number of hydrogen-bond acceptors (Lipinski definition) is 5. The Morgan fingerprint density at radius 2 is 2.00 bits per heavy atom. The first kappa shape index (κ1) is 18.6. The number of nitrogens with zero attached hydrogens (tertiary/aromatic N) is 5. The monoisotopic (exact) mass is 395 g/mol. The summed E-state index contributed by atoms with van der Waals surface area (Å²) in [6, 6.07) is 8.70. The number of amides is 2. The van der Waals surface area contributed by atoms with Gasteiger partial charge in [-0.1, -0.05) is 29.4 Å². The lowest BCUT2D eigenvalue weighted by molar-refractivity contribution is 0.151. The molecule has 1 aromatic heterocycles. The van der Waals surface area contributed by atoms with Crippen LogP contribution in [0.3, 0.4) is 0 Å². The van der Waals surface area contributed by atoms with Gasteiger partial charge >= 0.3 is 6.03 Å². The molecule has 3 heterocycles. The molecule has 3 fully saturated rings. The SMILES string of the molecule is Cc1ccccc1[C@H]1[C@@H]2CN(Cc3noc(C4CC4)n3)C[C@@H]2CN1C(=O)N(C)C. The van der Waals surface area contributed by atoms with Crippen LogP contribution in [0.1, 0.15) is 47.6 Å². The first-order valence-electron chi connectivity index (χ1n) is 10.6. The quantitative estimate of drug-likeness (QED) is 0.796. The largest absolute Gasteiger partial charge is 0.339 e. The molecule has 1 aliphatic carbocycles. The maximum Gasteiger partial charge on any atom is 0.320 e. The van der Waals surface area contributed by atoms with Crippen LogP contribution in [0.5, 0.6) is 0 Å². The number of benzene rings is 1. The van der Waals surface area contributed by atoms with Crippen LogP contribution in [0.2, 0.25) is 0 Å². The molecule has 3 aliphatic rings. The molecule has 5 rings (SSSR count). The zero-order chi connectivity index (χ0) is 20.1. The van der Waals surface area contributed by atoms with Gasteiger partial charge in [0, 0.05) is 45.6 Å². The molecule has 2 amide bonds. The number of carbonyl (C=O) groups is 1. The molecule has 7 heteroatoms. The van der Waals surface area contributed by atoms with Gasteiger partial charge in [-0.25, -0.2) is 4.79 Å². The third-order valence-corrected chi connectivity index (χ3v) is 6.65. The summed E-state index contributed by atoms with van der Waals surface area (Å²) in [7, 11) is 3.68. The number of rotatable bonds is 4. The molecule has 0 N–H and O–H groups in total. The summed E-state index contributed by atoms with van der Waals surface area (Å²) in [5, 5.41) is 4.19. The van der Waals surface area contributed by atoms with E-state index in [9.17, 15) is 4.79 Å². The normalized spacial score (nSPS) is 26.7. The number of fused-ring (bicyclic) bond motifs is 1. The van der Waals surface area contributed by atoms with Crippen LogP contribution in [-0.2, 0) is 6.54 Å². The molecule has 2 aromatic rings. The summed E-state index contributed by atoms with van der Waals surface area (Å²) in [6.45, 7) is 5.60. The Balaban J connectivity index is 1.36. The second-order valence-corrected chi connectivity index (χ2v) is 9.07. The third kappa shape index (κ3) is 3.41. The van der Waals surface area contributed by atoms with Crippen LogP contribution in [-0.4, -0.2) is 64.6 Å². The summed E-state index contributed by atoms with van der Waals surface area (Å²) in [5.41, 5.74) is 2.52. The van der Waals surface area contributed by atoms with Crippen molar-refractivity contribution in [3.05, 3.63) is 47.1 Å². The second-order valence-electron chi connectivity index (χ2n) is 9.07. The molecule has 1 aromatic carbocycles. The van der Waals surface area contributed by atoms with E-state index in [0.717, 1.165) is 37.9 Å². The minimum absolute atomic E-state index is 0.103. The average molecular weight is 396 g/mol. The zero-order valence-corrected chi connectivity index (χ0v) is 17.4. The van der Waals surface area contributed by atoms with Crippen LogP contribution in [0.15, 0.2) is 28.8 Å². The Morgan fingerprint density at radius 1 is 1.21 bits per heavy atom. The topological polar surface area (TPSA) is 65.7 Å². The standard InChI is InChI=1S/C22H29N5O2/c1-14-6-4-5-7-17(14)20-18-12-26(10-16(18)11-27(20)22(28)25(2)3)13-19-23-21(29-24-19)15-8-9-15/h4-7,15-16,18,20H,8-13H2,1-3H3/t16-,18-,20+/m1/s1. The van der Waals surface area contributed by atoms with Crippen LogP contribution in [0.25, 0.3) is 0 Å². The number of likely N-dealkylation sites (tertiary alicyclic amines) is 2. The lowest BCUT2D eigenvalue weighted by Gasteiger charge is -2.32. The van der Waals surface area contributed by atoms with Crippen molar-refractivity contribution in [1.29, 1.82) is 0 Å². The van der Waals surface area contributed by atoms with Crippen LogP contribution in [0, 0.1) is 18.8 Å². The van der Waals surface area contributed by atoms with E-state index >= 15 is 0 Å². The minimum Gasteiger partial charge on any atom is -0.339 e. The highest BCUT2D eigenvalue weighted by molar-refractivity contribution is 5.75. The van der Waals surface area contributed by atoms with Crippen molar-refractivity contribution < 1.29 is 9.32 Å². The van der Waals surface area contributed by atoms with E-state index in [-0.39, 0.29) is 12.1 Å². The Bertz CT molecular complexity index is 906. The summed E-state index contributed by atoms with van der Waals surface area (Å²) in [5.74, 6) is 2.99. The van der Waals surface area contributed by atoms with E-state index in [1.165, 1.54) is 24.0 Å². The van der Waals surface area contributed by atoms with Crippen LogP contribution < -0.4 is 0 Å². The van der Waals surface area contributed by atoms with Gasteiger partial charge in [-0.3, -0.25) is 4.90 Å². The van der Waals surface area contributed by atoms with Crippen molar-refractivity contribution in [2.75, 3.05) is 33.7 Å². The van der Waals surface area contributed by atoms with Gasteiger partial charge in [0.1, 0.15) is 0 Å². The Kier molecular flexibility index (Phi) is 4.57. The Labute approximate surface area is 171 Å². The van der Waals surface area contributed by atoms with Gasteiger partial charge in [0.25, 0.3) is 0 Å². The maximum atomic E-state index is 12.9. The molecule has 1 saturated carbocycles. The van der Waals surface area contributed by atoms with E-state index in [0.29, 0.717) is 17.8 Å². The smallest absolute Gasteiger partial charge is 0.320 e. The molecule has 0 bridgehead atoms. The van der Waals surface area contributed by atoms with Gasteiger partial charge in [0.15, 0.2) is 5.82 Å². The summed E-state index contributed by atoms with van der Waals surface area (Å²) in [4.78, 5) is 23.7. The first-order chi connectivity index (χ1) is 14.0. The average Bonchev–Trinajstić information content (AvgIpc) is 3.17. The highest BCUT2D eigenvalue weighted by atomic mass is 16.5. The van der Waals surface area contributed by atoms with Crippen molar-refractivity contribution in [3.63, 3.8) is 0 Å². The molecular weight excluding hydrogens is 366 g/mol. The fourth-order valence-corrected chi connectivity index (χ4v) is 5.06. The molecule has 7 nitrogen and oxygen atoms in total. The zero-order valence-electron chi connectivity index (χ0n) is 17.4. The van der Waals surface area contributed by atoms with E-state index < -0.39 is 0 Å². The Hall–Kier alpha value is -2.41. The predicted molar refractivity (Wildman–Crippen MR) is 108 cm³/mol. The first-order valence-corrected chi connectivity index (χ1v) is 10.6. The fraction of sp³-hybridized carbons (Fsp3) is 0.591. The molecule has 0 unspecified atom stereocenters. The number of urea groups is 1. The van der Waals surface area contributed by atoms with Gasteiger partial charge in [-0.15, -0.1) is 0 Å². The Morgan fingerprint density at radius 3 is 2.72 bits per heavy atom. The molecule has 0 radical (unpaired) electrons. The van der Waals surface area contributed by atoms with Crippen molar-refractivity contribution in [1.82, 2.24) is 24.8 Å². The van der Waals surface area contributed by atoms with Crippen LogP contribution >= 0.6 is 0 Å². The van der Waals surface area contributed by atoms with Gasteiger partial charge in [0.05, 0.1) is 12.6 Å². The second kappa shape index (κ2) is 7.13. The van der Waals surface area contributed by atoms with E-state index in [4.69, 9.17) is 4.52 Å². The number of aryl methyl sites for hydroxylation is 1. The molecular formula is C22H29N5O2. The molecule has 2 saturated heterocycles. The lowest BCUT2D eigenvalue weighted by Crippen LogP contribution is -2.41. The van der Waals surface area contributed by atoms with Gasteiger partial charge in [-0.2, -0.15) is 4.98 Å². The van der Waals surface area contributed by atoms with Gasteiger partial charge in [0.2, 0.25) is 5.89 Å². The van der Waals surface area contributed by atoms with Crippen LogP contribution in [0.4, 0.5) is 4.79 Å². The summed E-state index contributed by atoms with van der Waals surface area (Å²) in [6.07, 6.45) is 2.34. The molecule has 154 valence electrons. The number of aromatic nitrogens is 2. The predicted octanol–water partition coefficient (Wildman–Crippen LogP) is 3.04. The lowest BCUT2D eigenvalue weighted by atomic mass is 9.88. The minimum atomic E-state index is 0.103. The molecule has 0 spiro atoms. The van der Waals surface area contributed by atoms with Crippen molar-refractivity contribution in [2.24, 2.45) is 11.8 Å². The summed E-state index contributed by atoms with van der Waals surface area (Å²) < 4.78 is 5.43. The third-order valence-electron chi connectivity index (χ3n) is 6.65. The molecule has 29 heavy (non-hydrogen) atoms. The highest BCUT2D eigenvalue weighted by Gasteiger charge is 2.49. The van der Waals surface area contributed by atoms with Crippen molar-refractivity contribution >= 4 is 6.03 Å². The van der Waals surface area contributed by atoms with Crippen molar-refractivity contribution in [3.8, 4) is 0 Å². The maximum absolute atomic E-state index is 12.9. The molecule has 3 atom stereocenters. The summed E-state index contributed by atoms with van der Waals surface area (Å²) >= 11 is 0. The fourth-order valence-electron chi connectivity index (χ4n) is 5.06. The van der Waals surface area contributed by atoms with Gasteiger partial charge in [-0.05, 0) is 36.8 Å². The number of hydrogen-bond donors (Lipinski definition) is 0.